The molecule has 0 aliphatic heterocycles. The first-order chi connectivity index (χ1) is 10.2. The SMILES string of the molecule is CCC(Nc1cc(N)ncn1)c1cc(OC)cc(OC)c1. The van der Waals surface area contributed by atoms with Gasteiger partial charge >= 0.3 is 0 Å². The van der Waals surface area contributed by atoms with E-state index in [9.17, 15) is 0 Å². The molecule has 2 rings (SSSR count). The lowest BCUT2D eigenvalue weighted by Crippen LogP contribution is -2.11. The summed E-state index contributed by atoms with van der Waals surface area (Å²) in [6.07, 6.45) is 2.32. The number of nitrogens with one attached hydrogen (secondary N) is 1. The summed E-state index contributed by atoms with van der Waals surface area (Å²) >= 11 is 0. The second-order valence-corrected chi connectivity index (χ2v) is 4.58. The number of nitrogens with two attached hydrogens (primary N) is 1. The van der Waals surface area contributed by atoms with E-state index in [1.807, 2.05) is 18.2 Å². The number of hydrogen-bond acceptors (Lipinski definition) is 6. The van der Waals surface area contributed by atoms with Gasteiger partial charge in [0.2, 0.25) is 0 Å². The number of methoxy groups -OCH3 is 2. The highest BCUT2D eigenvalue weighted by Crippen LogP contribution is 2.29. The molecule has 21 heavy (non-hydrogen) atoms. The van der Waals surface area contributed by atoms with Crippen molar-refractivity contribution < 1.29 is 9.47 Å². The third-order valence-corrected chi connectivity index (χ3v) is 3.19. The van der Waals surface area contributed by atoms with E-state index in [1.165, 1.54) is 6.33 Å². The van der Waals surface area contributed by atoms with E-state index in [1.54, 1.807) is 20.3 Å². The van der Waals surface area contributed by atoms with Crippen LogP contribution in [0.25, 0.3) is 0 Å². The highest BCUT2D eigenvalue weighted by atomic mass is 16.5. The van der Waals surface area contributed by atoms with Crippen molar-refractivity contribution in [1.29, 1.82) is 0 Å². The van der Waals surface area contributed by atoms with Crippen LogP contribution in [0.4, 0.5) is 11.6 Å². The van der Waals surface area contributed by atoms with Gasteiger partial charge in [0.05, 0.1) is 20.3 Å². The van der Waals surface area contributed by atoms with Crippen LogP contribution in [-0.2, 0) is 0 Å². The summed E-state index contributed by atoms with van der Waals surface area (Å²) in [4.78, 5) is 8.06. The lowest BCUT2D eigenvalue weighted by atomic mass is 10.0. The number of aromatic nitrogens is 2. The maximum Gasteiger partial charge on any atom is 0.131 e. The molecule has 112 valence electrons. The summed E-state index contributed by atoms with van der Waals surface area (Å²) in [5, 5.41) is 3.35. The molecule has 0 aliphatic rings. The van der Waals surface area contributed by atoms with Crippen LogP contribution in [0.15, 0.2) is 30.6 Å². The first-order valence-electron chi connectivity index (χ1n) is 6.73. The van der Waals surface area contributed by atoms with E-state index in [-0.39, 0.29) is 6.04 Å². The van der Waals surface area contributed by atoms with Gasteiger partial charge in [-0.2, -0.15) is 0 Å². The van der Waals surface area contributed by atoms with Gasteiger partial charge in [0.15, 0.2) is 0 Å². The van der Waals surface area contributed by atoms with Crippen LogP contribution in [0.5, 0.6) is 11.5 Å². The van der Waals surface area contributed by atoms with Gasteiger partial charge in [-0.25, -0.2) is 9.97 Å². The molecule has 0 saturated carbocycles. The van der Waals surface area contributed by atoms with Crippen molar-refractivity contribution in [3.8, 4) is 11.5 Å². The highest BCUT2D eigenvalue weighted by molar-refractivity contribution is 5.47. The summed E-state index contributed by atoms with van der Waals surface area (Å²) in [6.45, 7) is 2.09. The molecule has 3 N–H and O–H groups in total. The third kappa shape index (κ3) is 3.75. The summed E-state index contributed by atoms with van der Waals surface area (Å²) in [6, 6.07) is 7.59. The van der Waals surface area contributed by atoms with Gasteiger partial charge in [0, 0.05) is 12.1 Å². The minimum absolute atomic E-state index is 0.0725. The topological polar surface area (TPSA) is 82.3 Å². The summed E-state index contributed by atoms with van der Waals surface area (Å²) in [5.41, 5.74) is 6.74. The number of anilines is 2. The Bertz CT molecular complexity index is 582. The number of hydrogen-bond donors (Lipinski definition) is 2. The molecular formula is C15H20N4O2. The van der Waals surface area contributed by atoms with E-state index in [2.05, 4.69) is 22.2 Å². The number of benzene rings is 1. The molecule has 1 heterocycles. The van der Waals surface area contributed by atoms with Crippen LogP contribution in [-0.4, -0.2) is 24.2 Å². The predicted molar refractivity (Wildman–Crippen MR) is 82.6 cm³/mol. The molecule has 1 unspecified atom stereocenters. The van der Waals surface area contributed by atoms with Gasteiger partial charge in [-0.3, -0.25) is 0 Å². The molecule has 6 nitrogen and oxygen atoms in total. The van der Waals surface area contributed by atoms with Gasteiger partial charge in [0.25, 0.3) is 0 Å². The average molecular weight is 288 g/mol. The van der Waals surface area contributed by atoms with Crippen LogP contribution in [0.3, 0.4) is 0 Å². The van der Waals surface area contributed by atoms with Crippen LogP contribution < -0.4 is 20.5 Å². The van der Waals surface area contributed by atoms with Crippen molar-refractivity contribution in [1.82, 2.24) is 9.97 Å². The fourth-order valence-electron chi connectivity index (χ4n) is 2.08. The van der Waals surface area contributed by atoms with Gasteiger partial charge in [-0.15, -0.1) is 0 Å². The summed E-state index contributed by atoms with van der Waals surface area (Å²) < 4.78 is 10.6. The molecule has 0 saturated heterocycles. The Hall–Kier alpha value is -2.50. The van der Waals surface area contributed by atoms with Crippen molar-refractivity contribution in [2.75, 3.05) is 25.3 Å². The van der Waals surface area contributed by atoms with E-state index in [4.69, 9.17) is 15.2 Å². The smallest absolute Gasteiger partial charge is 0.131 e. The van der Waals surface area contributed by atoms with Crippen LogP contribution in [0, 0.1) is 0 Å². The molecule has 0 radical (unpaired) electrons. The maximum atomic E-state index is 5.67. The monoisotopic (exact) mass is 288 g/mol. The Morgan fingerprint density at radius 3 is 2.29 bits per heavy atom. The molecule has 2 aromatic rings. The first-order valence-corrected chi connectivity index (χ1v) is 6.73. The molecule has 0 aliphatic carbocycles. The average Bonchev–Trinajstić information content (AvgIpc) is 2.52. The molecule has 0 bridgehead atoms. The maximum absolute atomic E-state index is 5.67. The zero-order valence-corrected chi connectivity index (χ0v) is 12.5. The molecule has 0 spiro atoms. The van der Waals surface area contributed by atoms with E-state index >= 15 is 0 Å². The molecule has 6 heteroatoms. The standard InChI is InChI=1S/C15H20N4O2/c1-4-13(19-15-8-14(16)17-9-18-15)10-5-11(20-2)7-12(6-10)21-3/h5-9,13H,4H2,1-3H3,(H3,16,17,18,19). The Balaban J connectivity index is 2.28. The van der Waals surface area contributed by atoms with Crippen molar-refractivity contribution in [3.63, 3.8) is 0 Å². The van der Waals surface area contributed by atoms with E-state index < -0.39 is 0 Å². The second-order valence-electron chi connectivity index (χ2n) is 4.58. The fraction of sp³-hybridized carbons (Fsp3) is 0.333. The van der Waals surface area contributed by atoms with Gasteiger partial charge in [0.1, 0.15) is 29.5 Å². The molecular weight excluding hydrogens is 268 g/mol. The van der Waals surface area contributed by atoms with Crippen molar-refractivity contribution in [3.05, 3.63) is 36.2 Å². The molecule has 1 aromatic carbocycles. The Morgan fingerprint density at radius 1 is 1.10 bits per heavy atom. The molecule has 1 aromatic heterocycles. The number of nitrogen functional groups attached to an aromatic ring is 1. The zero-order chi connectivity index (χ0) is 15.2. The Morgan fingerprint density at radius 2 is 1.76 bits per heavy atom. The number of nitrogens with zero attached hydrogens (tertiary/aromatic N) is 2. The van der Waals surface area contributed by atoms with Crippen molar-refractivity contribution >= 4 is 11.6 Å². The number of rotatable bonds is 6. The van der Waals surface area contributed by atoms with E-state index in [0.29, 0.717) is 11.6 Å². The van der Waals surface area contributed by atoms with Gasteiger partial charge in [-0.05, 0) is 24.1 Å². The van der Waals surface area contributed by atoms with Gasteiger partial charge in [-0.1, -0.05) is 6.92 Å². The van der Waals surface area contributed by atoms with Crippen LogP contribution in [0.2, 0.25) is 0 Å². The fourth-order valence-corrected chi connectivity index (χ4v) is 2.08. The minimum Gasteiger partial charge on any atom is -0.497 e. The minimum atomic E-state index is 0.0725. The largest absolute Gasteiger partial charge is 0.497 e. The predicted octanol–water partition coefficient (Wildman–Crippen LogP) is 2.64. The Labute approximate surface area is 124 Å². The highest BCUT2D eigenvalue weighted by Gasteiger charge is 2.13. The summed E-state index contributed by atoms with van der Waals surface area (Å²) in [7, 11) is 3.27. The quantitative estimate of drug-likeness (QED) is 0.850. The zero-order valence-electron chi connectivity index (χ0n) is 12.5. The van der Waals surface area contributed by atoms with Crippen LogP contribution in [0.1, 0.15) is 24.9 Å². The first kappa shape index (κ1) is 14.9. The van der Waals surface area contributed by atoms with E-state index in [0.717, 1.165) is 23.5 Å². The second kappa shape index (κ2) is 6.78. The normalized spacial score (nSPS) is 11.8. The van der Waals surface area contributed by atoms with Crippen molar-refractivity contribution in [2.24, 2.45) is 0 Å². The van der Waals surface area contributed by atoms with Crippen LogP contribution >= 0.6 is 0 Å². The molecule has 0 fully saturated rings. The third-order valence-electron chi connectivity index (χ3n) is 3.19. The van der Waals surface area contributed by atoms with Crippen molar-refractivity contribution in [2.45, 2.75) is 19.4 Å². The number of ether oxygens (including phenoxy) is 2. The Kier molecular flexibility index (Phi) is 4.81. The summed E-state index contributed by atoms with van der Waals surface area (Å²) in [5.74, 6) is 2.64. The molecule has 0 amide bonds. The molecule has 1 atom stereocenters. The lowest BCUT2D eigenvalue weighted by molar-refractivity contribution is 0.393. The lowest BCUT2D eigenvalue weighted by Gasteiger charge is -2.19. The van der Waals surface area contributed by atoms with Gasteiger partial charge < -0.3 is 20.5 Å².